The first-order chi connectivity index (χ1) is 16.0. The topological polar surface area (TPSA) is 12.5 Å². The van der Waals surface area contributed by atoms with Crippen LogP contribution in [-0.4, -0.2) is 37.7 Å². The van der Waals surface area contributed by atoms with Gasteiger partial charge in [0.25, 0.3) is 0 Å². The van der Waals surface area contributed by atoms with Gasteiger partial charge >= 0.3 is 0 Å². The zero-order chi connectivity index (χ0) is 23.8. The second-order valence-corrected chi connectivity index (χ2v) is 10.9. The molecule has 0 amide bonds. The highest BCUT2D eigenvalue weighted by molar-refractivity contribution is 5.33. The molecule has 1 fully saturated rings. The lowest BCUT2D eigenvalue weighted by molar-refractivity contribution is 0.00609. The van der Waals surface area contributed by atoms with Gasteiger partial charge in [-0.3, -0.25) is 0 Å². The Kier molecular flexibility index (Phi) is 10.0. The van der Waals surface area contributed by atoms with Gasteiger partial charge < -0.3 is 9.64 Å². The van der Waals surface area contributed by atoms with Crippen LogP contribution in [-0.2, 0) is 10.2 Å². The van der Waals surface area contributed by atoms with E-state index >= 15 is 0 Å². The van der Waals surface area contributed by atoms with Crippen molar-refractivity contribution in [2.45, 2.75) is 90.6 Å². The van der Waals surface area contributed by atoms with Gasteiger partial charge in [-0.05, 0) is 80.6 Å². The Morgan fingerprint density at radius 1 is 1.15 bits per heavy atom. The average molecular weight is 458 g/mol. The summed E-state index contributed by atoms with van der Waals surface area (Å²) in [5.41, 5.74) is 1.13. The Morgan fingerprint density at radius 3 is 2.52 bits per heavy atom. The lowest BCUT2D eigenvalue weighted by Crippen LogP contribution is -2.50. The zero-order valence-corrected chi connectivity index (χ0v) is 21.9. The third-order valence-electron chi connectivity index (χ3n) is 8.88. The Morgan fingerprint density at radius 2 is 1.91 bits per heavy atom. The highest BCUT2D eigenvalue weighted by Gasteiger charge is 2.49. The highest BCUT2D eigenvalue weighted by Crippen LogP contribution is 2.52. The molecule has 1 heterocycles. The van der Waals surface area contributed by atoms with Crippen LogP contribution in [0.2, 0.25) is 0 Å². The summed E-state index contributed by atoms with van der Waals surface area (Å²) in [6.07, 6.45) is 14.3. The molecule has 186 valence electrons. The molecule has 1 saturated heterocycles. The van der Waals surface area contributed by atoms with E-state index in [4.69, 9.17) is 4.74 Å². The minimum absolute atomic E-state index is 0.0580. The molecule has 3 rings (SSSR count). The predicted octanol–water partition coefficient (Wildman–Crippen LogP) is 7.63. The molecule has 1 aromatic carbocycles. The first kappa shape index (κ1) is 26.4. The molecule has 0 bridgehead atoms. The maximum absolute atomic E-state index is 14.5. The molecule has 0 N–H and O–H groups in total. The fourth-order valence-corrected chi connectivity index (χ4v) is 6.89. The van der Waals surface area contributed by atoms with Crippen LogP contribution in [0.4, 0.5) is 4.39 Å². The normalized spacial score (nSPS) is 25.8. The molecule has 0 aromatic heterocycles. The number of piperidine rings is 1. The number of likely N-dealkylation sites (tertiary alicyclic amines) is 1. The number of nitrogens with zero attached hydrogens (tertiary/aromatic N) is 1. The number of ether oxygens (including phenoxy) is 1. The Bertz CT molecular complexity index is 741. The number of methoxy groups -OCH3 is 1. The summed E-state index contributed by atoms with van der Waals surface area (Å²) in [5, 5.41) is 0. The monoisotopic (exact) mass is 457 g/mol. The molecule has 5 atom stereocenters. The summed E-state index contributed by atoms with van der Waals surface area (Å²) in [5.74, 6) is 2.37. The fraction of sp³-hybridized carbons (Fsp3) is 0.733. The van der Waals surface area contributed by atoms with Gasteiger partial charge in [0, 0.05) is 25.0 Å². The molecule has 2 unspecified atom stereocenters. The molecule has 1 aromatic rings. The molecule has 1 aliphatic heterocycles. The summed E-state index contributed by atoms with van der Waals surface area (Å²) in [6, 6.07) is 7.50. The first-order valence-corrected chi connectivity index (χ1v) is 13.7. The maximum atomic E-state index is 14.5. The van der Waals surface area contributed by atoms with Crippen molar-refractivity contribution in [2.24, 2.45) is 23.7 Å². The van der Waals surface area contributed by atoms with Gasteiger partial charge in [-0.15, -0.1) is 0 Å². The fourth-order valence-electron chi connectivity index (χ4n) is 6.89. The third kappa shape index (κ3) is 6.09. The number of benzene rings is 1. The quantitative estimate of drug-likeness (QED) is 0.299. The van der Waals surface area contributed by atoms with Crippen molar-refractivity contribution in [2.75, 3.05) is 26.7 Å². The molecule has 0 spiro atoms. The van der Waals surface area contributed by atoms with Crippen LogP contribution in [0, 0.1) is 29.5 Å². The van der Waals surface area contributed by atoms with Crippen LogP contribution in [0.15, 0.2) is 36.4 Å². The van der Waals surface area contributed by atoms with E-state index in [2.05, 4.69) is 50.8 Å². The molecule has 3 heteroatoms. The lowest BCUT2D eigenvalue weighted by Gasteiger charge is -2.50. The first-order valence-electron chi connectivity index (χ1n) is 13.7. The summed E-state index contributed by atoms with van der Waals surface area (Å²) in [7, 11) is 1.84. The molecule has 0 saturated carbocycles. The van der Waals surface area contributed by atoms with Gasteiger partial charge in [0.1, 0.15) is 5.82 Å². The second-order valence-electron chi connectivity index (χ2n) is 10.9. The summed E-state index contributed by atoms with van der Waals surface area (Å²) in [4.78, 5) is 2.72. The van der Waals surface area contributed by atoms with Crippen LogP contribution in [0.1, 0.15) is 84.6 Å². The van der Waals surface area contributed by atoms with Crippen molar-refractivity contribution in [3.63, 3.8) is 0 Å². The molecular weight excluding hydrogens is 409 g/mol. The van der Waals surface area contributed by atoms with Crippen molar-refractivity contribution in [3.8, 4) is 0 Å². The van der Waals surface area contributed by atoms with Crippen LogP contribution in [0.3, 0.4) is 0 Å². The van der Waals surface area contributed by atoms with E-state index < -0.39 is 0 Å². The van der Waals surface area contributed by atoms with Crippen LogP contribution >= 0.6 is 0 Å². The van der Waals surface area contributed by atoms with Gasteiger partial charge in [-0.2, -0.15) is 0 Å². The summed E-state index contributed by atoms with van der Waals surface area (Å²) >= 11 is 0. The number of halogens is 1. The van der Waals surface area contributed by atoms with Crippen molar-refractivity contribution in [3.05, 3.63) is 47.8 Å². The molecule has 2 nitrogen and oxygen atoms in total. The standard InChI is InChI=1S/C30H48FNO/c1-6-17-30(26-11-9-12-27(31)21-26,28-13-10-14-29(28)33-5)25-15-18-32(19-16-25)22-24(8-3)20-23(4)7-2/h9-13,21,23-25,28-29H,6-8,14-20,22H2,1-5H3/t23?,24?,28-,29-,30-/m0/s1. The van der Waals surface area contributed by atoms with Crippen molar-refractivity contribution < 1.29 is 9.13 Å². The average Bonchev–Trinajstić information content (AvgIpc) is 3.31. The Hall–Kier alpha value is -1.19. The summed E-state index contributed by atoms with van der Waals surface area (Å²) < 4.78 is 20.5. The Balaban J connectivity index is 1.83. The predicted molar refractivity (Wildman–Crippen MR) is 138 cm³/mol. The van der Waals surface area contributed by atoms with Gasteiger partial charge in [0.2, 0.25) is 0 Å². The molecular formula is C30H48FNO. The van der Waals surface area contributed by atoms with E-state index in [9.17, 15) is 4.39 Å². The van der Waals surface area contributed by atoms with E-state index in [1.165, 1.54) is 44.2 Å². The van der Waals surface area contributed by atoms with Crippen LogP contribution in [0.25, 0.3) is 0 Å². The maximum Gasteiger partial charge on any atom is 0.123 e. The van der Waals surface area contributed by atoms with Crippen molar-refractivity contribution in [1.82, 2.24) is 4.90 Å². The minimum atomic E-state index is -0.114. The highest BCUT2D eigenvalue weighted by atomic mass is 19.1. The van der Waals surface area contributed by atoms with E-state index in [0.29, 0.717) is 11.8 Å². The Labute approximate surface area is 203 Å². The molecule has 1 aliphatic carbocycles. The van der Waals surface area contributed by atoms with E-state index in [1.54, 1.807) is 6.07 Å². The SMILES string of the molecule is CCC[C@@](c1cccc(F)c1)(C1CCN(CC(CC)CC(C)CC)CC1)[C@H]1C=CC[C@@H]1OC. The van der Waals surface area contributed by atoms with Crippen molar-refractivity contribution >= 4 is 0 Å². The zero-order valence-electron chi connectivity index (χ0n) is 21.9. The smallest absolute Gasteiger partial charge is 0.123 e. The van der Waals surface area contributed by atoms with Crippen LogP contribution < -0.4 is 0 Å². The third-order valence-corrected chi connectivity index (χ3v) is 8.88. The molecule has 2 aliphatic rings. The van der Waals surface area contributed by atoms with E-state index in [0.717, 1.165) is 44.2 Å². The molecule has 33 heavy (non-hydrogen) atoms. The van der Waals surface area contributed by atoms with Crippen molar-refractivity contribution in [1.29, 1.82) is 0 Å². The van der Waals surface area contributed by atoms with Gasteiger partial charge in [-0.25, -0.2) is 4.39 Å². The summed E-state index contributed by atoms with van der Waals surface area (Å²) in [6.45, 7) is 12.9. The van der Waals surface area contributed by atoms with Gasteiger partial charge in [-0.1, -0.05) is 71.2 Å². The number of hydrogen-bond acceptors (Lipinski definition) is 2. The molecule has 0 radical (unpaired) electrons. The minimum Gasteiger partial charge on any atom is -0.380 e. The number of rotatable bonds is 12. The largest absolute Gasteiger partial charge is 0.380 e. The lowest BCUT2D eigenvalue weighted by atomic mass is 9.57. The van der Waals surface area contributed by atoms with E-state index in [-0.39, 0.29) is 17.3 Å². The van der Waals surface area contributed by atoms with Gasteiger partial charge in [0.15, 0.2) is 0 Å². The van der Waals surface area contributed by atoms with Gasteiger partial charge in [0.05, 0.1) is 6.10 Å². The van der Waals surface area contributed by atoms with Crippen LogP contribution in [0.5, 0.6) is 0 Å². The number of hydrogen-bond donors (Lipinski definition) is 0. The van der Waals surface area contributed by atoms with E-state index in [1.807, 2.05) is 19.2 Å². The second kappa shape index (κ2) is 12.5.